The maximum absolute atomic E-state index is 9.73. The van der Waals surface area contributed by atoms with Crippen LogP contribution in [0.2, 0.25) is 0 Å². The second-order valence-electron chi connectivity index (χ2n) is 4.32. The number of hydrogen-bond acceptors (Lipinski definition) is 2. The molecule has 68 valence electrons. The third-order valence-electron chi connectivity index (χ3n) is 3.34. The van der Waals surface area contributed by atoms with Crippen LogP contribution in [-0.4, -0.2) is 22.9 Å². The van der Waals surface area contributed by atoms with Gasteiger partial charge in [0, 0.05) is 0 Å². The Morgan fingerprint density at radius 3 is 2.75 bits per heavy atom. The number of aliphatic hydroxyl groups excluding tert-OH is 1. The van der Waals surface area contributed by atoms with Gasteiger partial charge in [0.1, 0.15) is 5.60 Å². The molecule has 0 aromatic rings. The van der Waals surface area contributed by atoms with Gasteiger partial charge in [0.2, 0.25) is 0 Å². The highest BCUT2D eigenvalue weighted by Crippen LogP contribution is 2.50. The molecule has 4 atom stereocenters. The predicted molar refractivity (Wildman–Crippen MR) is 46.8 cm³/mol. The minimum Gasteiger partial charge on any atom is -0.390 e. The van der Waals surface area contributed by atoms with E-state index in [1.54, 1.807) is 0 Å². The van der Waals surface area contributed by atoms with Crippen LogP contribution in [0.1, 0.15) is 26.7 Å². The number of allylic oxidation sites excluding steroid dienone is 1. The molecule has 0 bridgehead atoms. The molecule has 0 aromatic carbocycles. The maximum atomic E-state index is 9.73. The summed E-state index contributed by atoms with van der Waals surface area (Å²) in [5, 5.41) is 9.73. The molecule has 2 nitrogen and oxygen atoms in total. The Kier molecular flexibility index (Phi) is 1.61. The van der Waals surface area contributed by atoms with Crippen LogP contribution in [-0.2, 0) is 4.74 Å². The van der Waals surface area contributed by atoms with E-state index in [1.165, 1.54) is 5.57 Å². The van der Waals surface area contributed by atoms with E-state index in [-0.39, 0.29) is 17.8 Å². The van der Waals surface area contributed by atoms with Gasteiger partial charge in [0.15, 0.2) is 0 Å². The molecule has 0 amide bonds. The normalized spacial score (nSPS) is 51.4. The molecule has 2 aliphatic rings. The van der Waals surface area contributed by atoms with Gasteiger partial charge in [-0.1, -0.05) is 12.2 Å². The molecule has 1 N–H and O–H groups in total. The second kappa shape index (κ2) is 2.33. The van der Waals surface area contributed by atoms with Gasteiger partial charge in [-0.25, -0.2) is 0 Å². The first kappa shape index (κ1) is 8.27. The van der Waals surface area contributed by atoms with Crippen LogP contribution in [0.25, 0.3) is 0 Å². The highest BCUT2D eigenvalue weighted by atomic mass is 16.6. The number of epoxide rings is 1. The Bertz CT molecular complexity index is 224. The first-order chi connectivity index (χ1) is 5.54. The highest BCUT2D eigenvalue weighted by Gasteiger charge is 2.60. The molecular weight excluding hydrogens is 152 g/mol. The zero-order valence-electron chi connectivity index (χ0n) is 7.71. The largest absolute Gasteiger partial charge is 0.390 e. The summed E-state index contributed by atoms with van der Waals surface area (Å²) in [5.41, 5.74) is 0.956. The Hall–Kier alpha value is -0.340. The molecule has 2 heteroatoms. The lowest BCUT2D eigenvalue weighted by Crippen LogP contribution is -2.36. The highest BCUT2D eigenvalue weighted by molar-refractivity contribution is 5.14. The zero-order chi connectivity index (χ0) is 8.93. The molecule has 2 rings (SSSR count). The first-order valence-electron chi connectivity index (χ1n) is 4.55. The summed E-state index contributed by atoms with van der Waals surface area (Å²) >= 11 is 0. The van der Waals surface area contributed by atoms with Crippen LogP contribution in [0.5, 0.6) is 0 Å². The Balaban J connectivity index is 2.06. The molecular formula is C10H16O2. The number of aliphatic hydroxyl groups is 1. The van der Waals surface area contributed by atoms with Gasteiger partial charge in [-0.2, -0.15) is 0 Å². The third kappa shape index (κ3) is 1.02. The second-order valence-corrected chi connectivity index (χ2v) is 4.32. The Labute approximate surface area is 73.2 Å². The van der Waals surface area contributed by atoms with E-state index in [9.17, 15) is 5.11 Å². The quantitative estimate of drug-likeness (QED) is 0.475. The fraction of sp³-hybridized carbons (Fsp3) is 0.800. The fourth-order valence-electron chi connectivity index (χ4n) is 2.11. The summed E-state index contributed by atoms with van der Waals surface area (Å²) in [6, 6.07) is 0. The van der Waals surface area contributed by atoms with Gasteiger partial charge in [-0.15, -0.1) is 0 Å². The van der Waals surface area contributed by atoms with Crippen molar-refractivity contribution in [3.63, 3.8) is 0 Å². The van der Waals surface area contributed by atoms with Crippen molar-refractivity contribution >= 4 is 0 Å². The van der Waals surface area contributed by atoms with Crippen LogP contribution in [0.3, 0.4) is 0 Å². The van der Waals surface area contributed by atoms with Crippen LogP contribution in [0.4, 0.5) is 0 Å². The molecule has 0 aromatic heterocycles. The van der Waals surface area contributed by atoms with Gasteiger partial charge in [-0.3, -0.25) is 0 Å². The molecule has 2 fully saturated rings. The number of hydrogen-bond donors (Lipinski definition) is 1. The van der Waals surface area contributed by atoms with Crippen molar-refractivity contribution in [3.8, 4) is 0 Å². The van der Waals surface area contributed by atoms with Crippen molar-refractivity contribution in [2.75, 3.05) is 0 Å². The molecule has 1 saturated heterocycles. The summed E-state index contributed by atoms with van der Waals surface area (Å²) in [4.78, 5) is 0. The van der Waals surface area contributed by atoms with Gasteiger partial charge in [0.05, 0.1) is 12.2 Å². The van der Waals surface area contributed by atoms with E-state index in [1.807, 2.05) is 13.8 Å². The minimum absolute atomic E-state index is 0.216. The first-order valence-corrected chi connectivity index (χ1v) is 4.55. The van der Waals surface area contributed by atoms with Gasteiger partial charge in [0.25, 0.3) is 0 Å². The Morgan fingerprint density at radius 2 is 2.25 bits per heavy atom. The van der Waals surface area contributed by atoms with E-state index >= 15 is 0 Å². The molecule has 1 saturated carbocycles. The monoisotopic (exact) mass is 168 g/mol. The minimum atomic E-state index is -0.294. The number of rotatable bonds is 1. The SMILES string of the molecule is C=C(C)[C@@H]1C[C@@H]2O[C@]2(C)[C@@H](O)C1. The summed E-state index contributed by atoms with van der Waals surface area (Å²) in [7, 11) is 0. The van der Waals surface area contributed by atoms with Crippen LogP contribution in [0.15, 0.2) is 12.2 Å². The van der Waals surface area contributed by atoms with Crippen molar-refractivity contribution in [1.82, 2.24) is 0 Å². The molecule has 12 heavy (non-hydrogen) atoms. The molecule has 1 aliphatic heterocycles. The van der Waals surface area contributed by atoms with E-state index in [4.69, 9.17) is 4.74 Å². The molecule has 0 spiro atoms. The predicted octanol–water partition coefficient (Wildman–Crippen LogP) is 1.49. The lowest BCUT2D eigenvalue weighted by atomic mass is 9.78. The van der Waals surface area contributed by atoms with Crippen LogP contribution < -0.4 is 0 Å². The molecule has 1 aliphatic carbocycles. The van der Waals surface area contributed by atoms with Gasteiger partial charge < -0.3 is 9.84 Å². The van der Waals surface area contributed by atoms with Crippen molar-refractivity contribution in [3.05, 3.63) is 12.2 Å². The number of fused-ring (bicyclic) bond motifs is 1. The maximum Gasteiger partial charge on any atom is 0.118 e. The summed E-state index contributed by atoms with van der Waals surface area (Å²) < 4.78 is 5.47. The molecule has 0 radical (unpaired) electrons. The van der Waals surface area contributed by atoms with Crippen molar-refractivity contribution < 1.29 is 9.84 Å². The Morgan fingerprint density at radius 1 is 1.58 bits per heavy atom. The van der Waals surface area contributed by atoms with Gasteiger partial charge >= 0.3 is 0 Å². The zero-order valence-corrected chi connectivity index (χ0v) is 7.71. The summed E-state index contributed by atoms with van der Waals surface area (Å²) in [6.45, 7) is 7.95. The summed E-state index contributed by atoms with van der Waals surface area (Å²) in [5.74, 6) is 0.459. The lowest BCUT2D eigenvalue weighted by molar-refractivity contribution is 0.0641. The van der Waals surface area contributed by atoms with E-state index in [0.717, 1.165) is 12.8 Å². The third-order valence-corrected chi connectivity index (χ3v) is 3.34. The van der Waals surface area contributed by atoms with Crippen LogP contribution >= 0.6 is 0 Å². The summed E-state index contributed by atoms with van der Waals surface area (Å²) in [6.07, 6.45) is 1.85. The average molecular weight is 168 g/mol. The van der Waals surface area contributed by atoms with Crippen molar-refractivity contribution in [2.45, 2.75) is 44.5 Å². The van der Waals surface area contributed by atoms with Crippen molar-refractivity contribution in [1.29, 1.82) is 0 Å². The topological polar surface area (TPSA) is 32.8 Å². The smallest absolute Gasteiger partial charge is 0.118 e. The molecule has 1 heterocycles. The molecule has 0 unspecified atom stereocenters. The van der Waals surface area contributed by atoms with E-state index in [0.29, 0.717) is 5.92 Å². The van der Waals surface area contributed by atoms with Crippen molar-refractivity contribution in [2.24, 2.45) is 5.92 Å². The fourth-order valence-corrected chi connectivity index (χ4v) is 2.11. The standard InChI is InChI=1S/C10H16O2/c1-6(2)7-4-8(11)10(3)9(5-7)12-10/h7-9,11H,1,4-5H2,2-3H3/t7-,8-,9-,10+/m0/s1. The van der Waals surface area contributed by atoms with E-state index < -0.39 is 0 Å². The van der Waals surface area contributed by atoms with Crippen LogP contribution in [0, 0.1) is 5.92 Å². The van der Waals surface area contributed by atoms with E-state index in [2.05, 4.69) is 6.58 Å². The lowest BCUT2D eigenvalue weighted by Gasteiger charge is -2.27. The number of ether oxygens (including phenoxy) is 1. The average Bonchev–Trinajstić information content (AvgIpc) is 2.62. The van der Waals surface area contributed by atoms with Gasteiger partial charge in [-0.05, 0) is 32.6 Å².